The van der Waals surface area contributed by atoms with Crippen molar-refractivity contribution in [3.63, 3.8) is 0 Å². The highest BCUT2D eigenvalue weighted by Crippen LogP contribution is 2.24. The highest BCUT2D eigenvalue weighted by Gasteiger charge is 2.16. The standard InChI is InChI=1S/C23H22N2O5S2/c1-29-17-7-4-6-16(12-17)25-22(27)15-32-20-10-3-2-9-19(20)23(28)30-14-21(26)24-13-18-8-5-11-31-18/h2-12H,13-15H2,1H3,(H,24,26)(H,25,27). The van der Waals surface area contributed by atoms with Crippen molar-refractivity contribution in [2.75, 3.05) is 24.8 Å². The molecule has 166 valence electrons. The second-order valence-electron chi connectivity index (χ2n) is 6.50. The fraction of sp³-hybridized carbons (Fsp3) is 0.174. The van der Waals surface area contributed by atoms with E-state index in [9.17, 15) is 14.4 Å². The summed E-state index contributed by atoms with van der Waals surface area (Å²) in [7, 11) is 1.56. The first-order valence-electron chi connectivity index (χ1n) is 9.67. The molecule has 0 saturated carbocycles. The zero-order valence-electron chi connectivity index (χ0n) is 17.3. The van der Waals surface area contributed by atoms with Crippen LogP contribution in [0.15, 0.2) is 70.9 Å². The van der Waals surface area contributed by atoms with Crippen LogP contribution in [0.2, 0.25) is 0 Å². The van der Waals surface area contributed by atoms with Gasteiger partial charge in [0.15, 0.2) is 6.61 Å². The molecule has 2 aromatic carbocycles. The van der Waals surface area contributed by atoms with E-state index in [1.807, 2.05) is 17.5 Å². The monoisotopic (exact) mass is 470 g/mol. The highest BCUT2D eigenvalue weighted by atomic mass is 32.2. The molecule has 1 heterocycles. The molecule has 0 aliphatic carbocycles. The fourth-order valence-corrected chi connectivity index (χ4v) is 4.15. The second kappa shape index (κ2) is 11.9. The number of carbonyl (C=O) groups excluding carboxylic acids is 3. The maximum atomic E-state index is 12.5. The summed E-state index contributed by atoms with van der Waals surface area (Å²) < 4.78 is 10.3. The van der Waals surface area contributed by atoms with Crippen molar-refractivity contribution in [3.05, 3.63) is 76.5 Å². The lowest BCUT2D eigenvalue weighted by atomic mass is 10.2. The van der Waals surface area contributed by atoms with Gasteiger partial charge in [-0.15, -0.1) is 23.1 Å². The molecule has 0 aliphatic rings. The number of thiophene rings is 1. The van der Waals surface area contributed by atoms with Gasteiger partial charge in [0.2, 0.25) is 5.91 Å². The number of methoxy groups -OCH3 is 1. The Morgan fingerprint density at radius 2 is 1.84 bits per heavy atom. The Kier molecular flexibility index (Phi) is 8.70. The SMILES string of the molecule is COc1cccc(NC(=O)CSc2ccccc2C(=O)OCC(=O)NCc2cccs2)c1. The summed E-state index contributed by atoms with van der Waals surface area (Å²) >= 11 is 2.75. The molecule has 32 heavy (non-hydrogen) atoms. The number of hydrogen-bond donors (Lipinski definition) is 2. The Morgan fingerprint density at radius 3 is 2.62 bits per heavy atom. The fourth-order valence-electron chi connectivity index (χ4n) is 2.66. The third-order valence-electron chi connectivity index (χ3n) is 4.19. The van der Waals surface area contributed by atoms with Crippen LogP contribution >= 0.6 is 23.1 Å². The highest BCUT2D eigenvalue weighted by molar-refractivity contribution is 8.00. The maximum Gasteiger partial charge on any atom is 0.339 e. The smallest absolute Gasteiger partial charge is 0.339 e. The van der Waals surface area contributed by atoms with E-state index in [2.05, 4.69) is 10.6 Å². The van der Waals surface area contributed by atoms with Gasteiger partial charge in [0.25, 0.3) is 5.91 Å². The van der Waals surface area contributed by atoms with E-state index >= 15 is 0 Å². The molecule has 9 heteroatoms. The summed E-state index contributed by atoms with van der Waals surface area (Å²) in [5, 5.41) is 7.42. The summed E-state index contributed by atoms with van der Waals surface area (Å²) in [6, 6.07) is 17.7. The first kappa shape index (κ1) is 23.4. The van der Waals surface area contributed by atoms with Gasteiger partial charge in [-0.2, -0.15) is 0 Å². The maximum absolute atomic E-state index is 12.5. The van der Waals surface area contributed by atoms with Gasteiger partial charge in [0.05, 0.1) is 25.0 Å². The van der Waals surface area contributed by atoms with Crippen molar-refractivity contribution < 1.29 is 23.9 Å². The molecule has 0 aliphatic heterocycles. The van der Waals surface area contributed by atoms with Crippen molar-refractivity contribution in [3.8, 4) is 5.75 Å². The molecular weight excluding hydrogens is 448 g/mol. The minimum Gasteiger partial charge on any atom is -0.497 e. The van der Waals surface area contributed by atoms with E-state index in [0.29, 0.717) is 28.4 Å². The van der Waals surface area contributed by atoms with Gasteiger partial charge in [0.1, 0.15) is 5.75 Å². The number of thioether (sulfide) groups is 1. The van der Waals surface area contributed by atoms with Gasteiger partial charge >= 0.3 is 5.97 Å². The molecule has 3 aromatic rings. The number of nitrogens with one attached hydrogen (secondary N) is 2. The average Bonchev–Trinajstić information content (AvgIpc) is 3.34. The van der Waals surface area contributed by atoms with Gasteiger partial charge < -0.3 is 20.1 Å². The molecule has 0 saturated heterocycles. The van der Waals surface area contributed by atoms with Crippen LogP contribution in [0.3, 0.4) is 0 Å². The van der Waals surface area contributed by atoms with Crippen LogP contribution in [-0.4, -0.2) is 37.3 Å². The lowest BCUT2D eigenvalue weighted by Gasteiger charge is -2.10. The van der Waals surface area contributed by atoms with Gasteiger partial charge in [-0.05, 0) is 35.7 Å². The molecule has 0 unspecified atom stereocenters. The molecule has 3 rings (SSSR count). The van der Waals surface area contributed by atoms with Crippen molar-refractivity contribution >= 4 is 46.6 Å². The number of benzene rings is 2. The molecule has 1 aromatic heterocycles. The van der Waals surface area contributed by atoms with Gasteiger partial charge in [-0.3, -0.25) is 9.59 Å². The summed E-state index contributed by atoms with van der Waals surface area (Å²) in [4.78, 5) is 38.3. The van der Waals surface area contributed by atoms with E-state index in [0.717, 1.165) is 4.88 Å². The van der Waals surface area contributed by atoms with Gasteiger partial charge in [0, 0.05) is 21.5 Å². The Hall–Kier alpha value is -3.30. The molecule has 7 nitrogen and oxygen atoms in total. The number of carbonyl (C=O) groups is 3. The molecule has 2 amide bonds. The van der Waals surface area contributed by atoms with Crippen LogP contribution in [-0.2, 0) is 20.9 Å². The third kappa shape index (κ3) is 7.14. The van der Waals surface area contributed by atoms with E-state index < -0.39 is 5.97 Å². The summed E-state index contributed by atoms with van der Waals surface area (Å²) in [5.74, 6) is -0.479. The summed E-state index contributed by atoms with van der Waals surface area (Å²) in [6.07, 6.45) is 0. The normalized spacial score (nSPS) is 10.3. The Bertz CT molecular complexity index is 1070. The number of ether oxygens (including phenoxy) is 2. The minimum atomic E-state index is -0.618. The minimum absolute atomic E-state index is 0.100. The Labute approximate surface area is 194 Å². The third-order valence-corrected chi connectivity index (χ3v) is 6.14. The first-order valence-corrected chi connectivity index (χ1v) is 11.5. The second-order valence-corrected chi connectivity index (χ2v) is 8.55. The van der Waals surface area contributed by atoms with Crippen LogP contribution in [0.1, 0.15) is 15.2 Å². The molecule has 0 spiro atoms. The van der Waals surface area contributed by atoms with Crippen LogP contribution in [0, 0.1) is 0 Å². The van der Waals surface area contributed by atoms with Crippen molar-refractivity contribution in [2.45, 2.75) is 11.4 Å². The molecule has 0 fully saturated rings. The van der Waals surface area contributed by atoms with Crippen molar-refractivity contribution in [2.24, 2.45) is 0 Å². The quantitative estimate of drug-likeness (QED) is 0.344. The largest absolute Gasteiger partial charge is 0.497 e. The first-order chi connectivity index (χ1) is 15.5. The van der Waals surface area contributed by atoms with E-state index in [-0.39, 0.29) is 24.2 Å². The lowest BCUT2D eigenvalue weighted by Crippen LogP contribution is -2.28. The zero-order chi connectivity index (χ0) is 22.8. The summed E-state index contributed by atoms with van der Waals surface area (Å²) in [6.45, 7) is 0.0163. The van der Waals surface area contributed by atoms with Crippen LogP contribution in [0.25, 0.3) is 0 Å². The predicted molar refractivity (Wildman–Crippen MR) is 125 cm³/mol. The number of hydrogen-bond acceptors (Lipinski definition) is 7. The van der Waals surface area contributed by atoms with Crippen LogP contribution in [0.5, 0.6) is 5.75 Å². The number of amides is 2. The predicted octanol–water partition coefficient (Wildman–Crippen LogP) is 3.96. The molecule has 0 radical (unpaired) electrons. The van der Waals surface area contributed by atoms with Gasteiger partial charge in [-0.1, -0.05) is 24.3 Å². The van der Waals surface area contributed by atoms with E-state index in [1.165, 1.54) is 23.1 Å². The van der Waals surface area contributed by atoms with Gasteiger partial charge in [-0.25, -0.2) is 4.79 Å². The lowest BCUT2D eigenvalue weighted by molar-refractivity contribution is -0.124. The molecule has 0 atom stereocenters. The van der Waals surface area contributed by atoms with Crippen LogP contribution in [0.4, 0.5) is 5.69 Å². The van der Waals surface area contributed by atoms with E-state index in [1.54, 1.807) is 55.6 Å². The topological polar surface area (TPSA) is 93.7 Å². The Morgan fingerprint density at radius 1 is 1.00 bits per heavy atom. The molecular formula is C23H22N2O5S2. The number of anilines is 1. The van der Waals surface area contributed by atoms with Crippen LogP contribution < -0.4 is 15.4 Å². The average molecular weight is 471 g/mol. The Balaban J connectivity index is 1.50. The molecule has 2 N–H and O–H groups in total. The summed E-state index contributed by atoms with van der Waals surface area (Å²) in [5.41, 5.74) is 0.925. The van der Waals surface area contributed by atoms with E-state index in [4.69, 9.17) is 9.47 Å². The number of rotatable bonds is 10. The zero-order valence-corrected chi connectivity index (χ0v) is 19.0. The number of esters is 1. The van der Waals surface area contributed by atoms with Crippen molar-refractivity contribution in [1.82, 2.24) is 5.32 Å². The molecule has 0 bridgehead atoms. The van der Waals surface area contributed by atoms with Crippen molar-refractivity contribution in [1.29, 1.82) is 0 Å².